The summed E-state index contributed by atoms with van der Waals surface area (Å²) in [6.45, 7) is 3.43. The van der Waals surface area contributed by atoms with Crippen LogP contribution in [0.2, 0.25) is 0 Å². The van der Waals surface area contributed by atoms with Crippen molar-refractivity contribution in [1.82, 2.24) is 4.90 Å². The second-order valence-corrected chi connectivity index (χ2v) is 5.52. The van der Waals surface area contributed by atoms with Gasteiger partial charge in [0.15, 0.2) is 0 Å². The number of aromatic hydroxyl groups is 1. The van der Waals surface area contributed by atoms with E-state index in [4.69, 9.17) is 5.73 Å². The van der Waals surface area contributed by atoms with E-state index >= 15 is 0 Å². The minimum absolute atomic E-state index is 0.194. The summed E-state index contributed by atoms with van der Waals surface area (Å²) >= 11 is 0. The molecule has 0 bridgehead atoms. The Morgan fingerprint density at radius 2 is 2.00 bits per heavy atom. The van der Waals surface area contributed by atoms with Crippen LogP contribution in [0, 0.1) is 6.92 Å². The summed E-state index contributed by atoms with van der Waals surface area (Å²) < 4.78 is 0. The number of phenolic OH excluding ortho intramolecular Hbond substituents is 1. The van der Waals surface area contributed by atoms with Gasteiger partial charge in [0.05, 0.1) is 0 Å². The maximum absolute atomic E-state index is 10.1. The number of rotatable bonds is 4. The SMILES string of the molecule is Cc1cc(C2(CN)CC2)cc(CN(C)C)c1O. The van der Waals surface area contributed by atoms with Crippen LogP contribution in [-0.4, -0.2) is 30.6 Å². The molecule has 0 atom stereocenters. The van der Waals surface area contributed by atoms with Crippen molar-refractivity contribution < 1.29 is 5.11 Å². The van der Waals surface area contributed by atoms with Crippen molar-refractivity contribution in [2.45, 2.75) is 31.7 Å². The highest BCUT2D eigenvalue weighted by molar-refractivity contribution is 5.47. The van der Waals surface area contributed by atoms with Gasteiger partial charge in [0.1, 0.15) is 5.75 Å². The molecule has 3 nitrogen and oxygen atoms in total. The number of benzene rings is 1. The van der Waals surface area contributed by atoms with Gasteiger partial charge in [-0.15, -0.1) is 0 Å². The van der Waals surface area contributed by atoms with Gasteiger partial charge in [-0.25, -0.2) is 0 Å². The predicted molar refractivity (Wildman–Crippen MR) is 70.2 cm³/mol. The second kappa shape index (κ2) is 4.31. The Balaban J connectivity index is 2.39. The molecule has 3 N–H and O–H groups in total. The van der Waals surface area contributed by atoms with E-state index in [9.17, 15) is 5.11 Å². The standard InChI is InChI=1S/C14H22N2O/c1-10-6-12(14(9-15)4-5-14)7-11(13(10)17)8-16(2)3/h6-7,17H,4-5,8-9,15H2,1-3H3. The van der Waals surface area contributed by atoms with Gasteiger partial charge in [0.25, 0.3) is 0 Å². The molecule has 0 radical (unpaired) electrons. The van der Waals surface area contributed by atoms with Crippen LogP contribution < -0.4 is 5.73 Å². The minimum atomic E-state index is 0.194. The van der Waals surface area contributed by atoms with Gasteiger partial charge in [-0.1, -0.05) is 12.1 Å². The van der Waals surface area contributed by atoms with Gasteiger partial charge in [0, 0.05) is 24.1 Å². The molecular weight excluding hydrogens is 212 g/mol. The number of hydrogen-bond donors (Lipinski definition) is 2. The maximum Gasteiger partial charge on any atom is 0.122 e. The van der Waals surface area contributed by atoms with Crippen LogP contribution in [0.3, 0.4) is 0 Å². The van der Waals surface area contributed by atoms with E-state index in [1.54, 1.807) is 0 Å². The second-order valence-electron chi connectivity index (χ2n) is 5.52. The summed E-state index contributed by atoms with van der Waals surface area (Å²) in [5, 5.41) is 10.1. The van der Waals surface area contributed by atoms with Gasteiger partial charge < -0.3 is 15.7 Å². The topological polar surface area (TPSA) is 49.5 Å². The lowest BCUT2D eigenvalue weighted by Crippen LogP contribution is -2.20. The van der Waals surface area contributed by atoms with Crippen LogP contribution in [-0.2, 0) is 12.0 Å². The molecule has 1 aromatic rings. The average Bonchev–Trinajstić information content (AvgIpc) is 3.04. The number of hydrogen-bond acceptors (Lipinski definition) is 3. The zero-order valence-electron chi connectivity index (χ0n) is 11.0. The molecule has 17 heavy (non-hydrogen) atoms. The predicted octanol–water partition coefficient (Wildman–Crippen LogP) is 1.75. The van der Waals surface area contributed by atoms with Gasteiger partial charge in [-0.3, -0.25) is 0 Å². The summed E-state index contributed by atoms with van der Waals surface area (Å²) in [4.78, 5) is 2.07. The van der Waals surface area contributed by atoms with E-state index < -0.39 is 0 Å². The summed E-state index contributed by atoms with van der Waals surface area (Å²) in [5.41, 5.74) is 9.32. The fraction of sp³-hybridized carbons (Fsp3) is 0.571. The van der Waals surface area contributed by atoms with Crippen molar-refractivity contribution in [2.75, 3.05) is 20.6 Å². The Kier molecular flexibility index (Phi) is 3.15. The lowest BCUT2D eigenvalue weighted by atomic mass is 9.92. The van der Waals surface area contributed by atoms with Crippen LogP contribution in [0.4, 0.5) is 0 Å². The van der Waals surface area contributed by atoms with E-state index in [0.717, 1.165) is 17.7 Å². The summed E-state index contributed by atoms with van der Waals surface area (Å²) in [7, 11) is 4.02. The maximum atomic E-state index is 10.1. The average molecular weight is 234 g/mol. The molecule has 2 rings (SSSR count). The minimum Gasteiger partial charge on any atom is -0.507 e. The van der Waals surface area contributed by atoms with E-state index in [1.165, 1.54) is 18.4 Å². The third-order valence-electron chi connectivity index (χ3n) is 3.72. The number of phenols is 1. The lowest BCUT2D eigenvalue weighted by molar-refractivity contribution is 0.384. The molecule has 1 aromatic carbocycles. The first-order valence-corrected chi connectivity index (χ1v) is 6.16. The van der Waals surface area contributed by atoms with Crippen molar-refractivity contribution >= 4 is 0 Å². The Morgan fingerprint density at radius 3 is 2.47 bits per heavy atom. The molecule has 1 saturated carbocycles. The smallest absolute Gasteiger partial charge is 0.122 e. The van der Waals surface area contributed by atoms with Gasteiger partial charge in [0.2, 0.25) is 0 Å². The van der Waals surface area contributed by atoms with Crippen molar-refractivity contribution in [2.24, 2.45) is 5.73 Å². The third-order valence-corrected chi connectivity index (χ3v) is 3.72. The molecule has 0 unspecified atom stereocenters. The summed E-state index contributed by atoms with van der Waals surface area (Å²) in [6, 6.07) is 4.22. The molecule has 1 fully saturated rings. The fourth-order valence-electron chi connectivity index (χ4n) is 2.38. The highest BCUT2D eigenvalue weighted by Crippen LogP contribution is 2.48. The molecule has 0 saturated heterocycles. The Morgan fingerprint density at radius 1 is 1.35 bits per heavy atom. The van der Waals surface area contributed by atoms with Gasteiger partial charge in [-0.2, -0.15) is 0 Å². The molecule has 0 heterocycles. The first-order chi connectivity index (χ1) is 7.98. The molecule has 3 heteroatoms. The Hall–Kier alpha value is -1.06. The van der Waals surface area contributed by atoms with Crippen molar-refractivity contribution in [1.29, 1.82) is 0 Å². The van der Waals surface area contributed by atoms with Crippen LogP contribution in [0.15, 0.2) is 12.1 Å². The molecule has 0 spiro atoms. The number of aryl methyl sites for hydroxylation is 1. The van der Waals surface area contributed by atoms with E-state index in [0.29, 0.717) is 12.3 Å². The monoisotopic (exact) mass is 234 g/mol. The normalized spacial score (nSPS) is 17.5. The Bertz CT molecular complexity index is 422. The van der Waals surface area contributed by atoms with Crippen LogP contribution in [0.5, 0.6) is 5.75 Å². The molecule has 0 amide bonds. The zero-order chi connectivity index (χ0) is 12.6. The fourth-order valence-corrected chi connectivity index (χ4v) is 2.38. The molecule has 94 valence electrons. The number of nitrogens with zero attached hydrogens (tertiary/aromatic N) is 1. The van der Waals surface area contributed by atoms with E-state index in [2.05, 4.69) is 17.0 Å². The molecule has 0 aliphatic heterocycles. The Labute approximate surface area is 103 Å². The molecule has 1 aliphatic carbocycles. The van der Waals surface area contributed by atoms with Crippen molar-refractivity contribution in [3.05, 3.63) is 28.8 Å². The highest BCUT2D eigenvalue weighted by atomic mass is 16.3. The molecule has 1 aliphatic rings. The first-order valence-electron chi connectivity index (χ1n) is 6.16. The molecule has 0 aromatic heterocycles. The lowest BCUT2D eigenvalue weighted by Gasteiger charge is -2.19. The highest BCUT2D eigenvalue weighted by Gasteiger charge is 2.43. The quantitative estimate of drug-likeness (QED) is 0.834. The summed E-state index contributed by atoms with van der Waals surface area (Å²) in [6.07, 6.45) is 2.35. The summed E-state index contributed by atoms with van der Waals surface area (Å²) in [5.74, 6) is 0.426. The number of nitrogens with two attached hydrogens (primary N) is 1. The van der Waals surface area contributed by atoms with E-state index in [1.807, 2.05) is 21.0 Å². The molecular formula is C14H22N2O. The largest absolute Gasteiger partial charge is 0.507 e. The van der Waals surface area contributed by atoms with Crippen LogP contribution in [0.25, 0.3) is 0 Å². The van der Waals surface area contributed by atoms with Gasteiger partial charge >= 0.3 is 0 Å². The van der Waals surface area contributed by atoms with Gasteiger partial charge in [-0.05, 0) is 45.0 Å². The zero-order valence-corrected chi connectivity index (χ0v) is 11.0. The third kappa shape index (κ3) is 2.31. The van der Waals surface area contributed by atoms with Crippen molar-refractivity contribution in [3.8, 4) is 5.75 Å². The van der Waals surface area contributed by atoms with Crippen molar-refractivity contribution in [3.63, 3.8) is 0 Å². The van der Waals surface area contributed by atoms with Crippen LogP contribution in [0.1, 0.15) is 29.5 Å². The first kappa shape index (κ1) is 12.4. The van der Waals surface area contributed by atoms with E-state index in [-0.39, 0.29) is 5.41 Å². The van der Waals surface area contributed by atoms with Crippen LogP contribution >= 0.6 is 0 Å².